The number of hydrogen-bond donors (Lipinski definition) is 1. The highest BCUT2D eigenvalue weighted by molar-refractivity contribution is 8.67. The highest BCUT2D eigenvalue weighted by Gasteiger charge is 2.36. The SMILES string of the molecule is CCCCCCCCCCCC[S+]([O-])[S+]([O-])C(C)C(=O)O. The molecule has 0 rings (SSSR count). The summed E-state index contributed by atoms with van der Waals surface area (Å²) in [6.45, 7) is 3.56. The van der Waals surface area contributed by atoms with Crippen LogP contribution in [0.2, 0.25) is 0 Å². The van der Waals surface area contributed by atoms with Crippen LogP contribution in [0.4, 0.5) is 0 Å². The normalized spacial score (nSPS) is 15.6. The first-order chi connectivity index (χ1) is 10.0. The maximum absolute atomic E-state index is 11.7. The zero-order valence-corrected chi connectivity index (χ0v) is 15.0. The molecule has 0 saturated carbocycles. The topological polar surface area (TPSA) is 83.4 Å². The first-order valence-corrected chi connectivity index (χ1v) is 11.1. The molecule has 3 atom stereocenters. The van der Waals surface area contributed by atoms with E-state index in [2.05, 4.69) is 6.92 Å². The van der Waals surface area contributed by atoms with Crippen molar-refractivity contribution in [3.8, 4) is 0 Å². The van der Waals surface area contributed by atoms with Crippen molar-refractivity contribution < 1.29 is 19.0 Å². The standard InChI is InChI=1S/C15H30O4S2/c1-3-4-5-6-7-8-9-10-11-12-13-20(18)21(19)14(2)15(16)17/h14H,3-13H2,1-2H3,(H,16,17). The van der Waals surface area contributed by atoms with E-state index in [1.54, 1.807) is 0 Å². The summed E-state index contributed by atoms with van der Waals surface area (Å²) in [6, 6.07) is 0. The lowest BCUT2D eigenvalue weighted by molar-refractivity contribution is -0.136. The molecule has 0 saturated heterocycles. The van der Waals surface area contributed by atoms with Crippen molar-refractivity contribution in [3.63, 3.8) is 0 Å². The first kappa shape index (κ1) is 21.1. The second-order valence-electron chi connectivity index (χ2n) is 5.43. The van der Waals surface area contributed by atoms with Gasteiger partial charge in [-0.3, -0.25) is 0 Å². The molecule has 0 aromatic carbocycles. The number of carboxylic acids is 1. The van der Waals surface area contributed by atoms with E-state index in [0.717, 1.165) is 19.3 Å². The lowest BCUT2D eigenvalue weighted by Gasteiger charge is -2.15. The summed E-state index contributed by atoms with van der Waals surface area (Å²) in [7, 11) is -3.32. The molecule has 0 aliphatic rings. The van der Waals surface area contributed by atoms with Gasteiger partial charge in [0.2, 0.25) is 0 Å². The van der Waals surface area contributed by atoms with Crippen molar-refractivity contribution in [3.05, 3.63) is 0 Å². The monoisotopic (exact) mass is 338 g/mol. The molecular weight excluding hydrogens is 308 g/mol. The van der Waals surface area contributed by atoms with Gasteiger partial charge in [-0.1, -0.05) is 58.3 Å². The average molecular weight is 339 g/mol. The number of carbonyl (C=O) groups is 1. The molecule has 6 heteroatoms. The third-order valence-corrected chi connectivity index (χ3v) is 7.72. The fourth-order valence-electron chi connectivity index (χ4n) is 2.03. The van der Waals surface area contributed by atoms with E-state index >= 15 is 0 Å². The van der Waals surface area contributed by atoms with Gasteiger partial charge < -0.3 is 14.2 Å². The Balaban J connectivity index is 3.44. The zero-order chi connectivity index (χ0) is 16.1. The number of unbranched alkanes of at least 4 members (excludes halogenated alkanes) is 9. The van der Waals surface area contributed by atoms with Crippen molar-refractivity contribution >= 4 is 26.4 Å². The van der Waals surface area contributed by atoms with Gasteiger partial charge in [-0.05, 0) is 19.8 Å². The van der Waals surface area contributed by atoms with Crippen LogP contribution >= 0.6 is 0 Å². The van der Waals surface area contributed by atoms with E-state index in [9.17, 15) is 13.9 Å². The van der Waals surface area contributed by atoms with E-state index < -0.39 is 31.6 Å². The summed E-state index contributed by atoms with van der Waals surface area (Å²) in [4.78, 5) is 10.7. The Morgan fingerprint density at radius 1 is 0.952 bits per heavy atom. The van der Waals surface area contributed by atoms with E-state index in [-0.39, 0.29) is 0 Å². The Morgan fingerprint density at radius 2 is 1.38 bits per heavy atom. The minimum atomic E-state index is -1.78. The lowest BCUT2D eigenvalue weighted by Crippen LogP contribution is -2.34. The molecule has 4 nitrogen and oxygen atoms in total. The molecule has 0 heterocycles. The first-order valence-electron chi connectivity index (χ1n) is 8.03. The summed E-state index contributed by atoms with van der Waals surface area (Å²) in [5, 5.41) is 7.67. The second-order valence-corrected chi connectivity index (χ2v) is 9.78. The largest absolute Gasteiger partial charge is 0.571 e. The Bertz CT molecular complexity index is 264. The fourth-order valence-corrected chi connectivity index (χ4v) is 5.18. The average Bonchev–Trinajstić information content (AvgIpc) is 2.47. The van der Waals surface area contributed by atoms with Crippen molar-refractivity contribution in [1.29, 1.82) is 0 Å². The minimum Gasteiger partial charge on any atom is -0.571 e. The van der Waals surface area contributed by atoms with E-state index in [0.29, 0.717) is 5.75 Å². The predicted molar refractivity (Wildman–Crippen MR) is 90.1 cm³/mol. The predicted octanol–water partition coefficient (Wildman–Crippen LogP) is 3.79. The smallest absolute Gasteiger partial charge is 0.361 e. The van der Waals surface area contributed by atoms with Crippen LogP contribution in [-0.4, -0.2) is 31.2 Å². The molecule has 0 radical (unpaired) electrons. The van der Waals surface area contributed by atoms with Gasteiger partial charge in [0, 0.05) is 0 Å². The Kier molecular flexibility index (Phi) is 13.8. The molecule has 0 aromatic rings. The number of hydrogen-bond acceptors (Lipinski definition) is 3. The van der Waals surface area contributed by atoms with Crippen molar-refractivity contribution in [1.82, 2.24) is 0 Å². The van der Waals surface area contributed by atoms with Gasteiger partial charge in [-0.25, -0.2) is 4.79 Å². The summed E-state index contributed by atoms with van der Waals surface area (Å²) < 4.78 is 23.3. The lowest BCUT2D eigenvalue weighted by atomic mass is 10.1. The molecule has 0 bridgehead atoms. The van der Waals surface area contributed by atoms with Crippen LogP contribution in [-0.2, 0) is 25.2 Å². The maximum Gasteiger partial charge on any atom is 0.361 e. The van der Waals surface area contributed by atoms with Crippen molar-refractivity contribution in [2.45, 2.75) is 83.3 Å². The molecule has 0 amide bonds. The summed E-state index contributed by atoms with van der Waals surface area (Å²) in [5.74, 6) is -0.800. The fraction of sp³-hybridized carbons (Fsp3) is 0.933. The maximum atomic E-state index is 11.7. The van der Waals surface area contributed by atoms with E-state index in [4.69, 9.17) is 5.11 Å². The number of aliphatic carboxylic acids is 1. The third kappa shape index (κ3) is 11.3. The highest BCUT2D eigenvalue weighted by Crippen LogP contribution is 2.15. The molecule has 0 spiro atoms. The van der Waals surface area contributed by atoms with Gasteiger partial charge in [0.25, 0.3) is 5.25 Å². The van der Waals surface area contributed by atoms with Crippen LogP contribution in [0, 0.1) is 0 Å². The highest BCUT2D eigenvalue weighted by atomic mass is 33.2. The Labute approximate surface area is 134 Å². The molecule has 126 valence electrons. The molecule has 0 aromatic heterocycles. The van der Waals surface area contributed by atoms with Crippen LogP contribution in [0.15, 0.2) is 0 Å². The number of carboxylic acid groups (broad SMARTS) is 1. The van der Waals surface area contributed by atoms with Crippen molar-refractivity contribution in [2.75, 3.05) is 5.75 Å². The van der Waals surface area contributed by atoms with Gasteiger partial charge in [-0.15, -0.1) is 0 Å². The quantitative estimate of drug-likeness (QED) is 0.297. The van der Waals surface area contributed by atoms with Gasteiger partial charge in [0.05, 0.1) is 0 Å². The minimum absolute atomic E-state index is 0.348. The molecule has 3 unspecified atom stereocenters. The number of rotatable bonds is 14. The summed E-state index contributed by atoms with van der Waals surface area (Å²) in [6.07, 6.45) is 11.9. The molecule has 0 aliphatic carbocycles. The molecule has 0 fully saturated rings. The second kappa shape index (κ2) is 13.7. The Hall–Kier alpha value is 0.0900. The molecule has 21 heavy (non-hydrogen) atoms. The van der Waals surface area contributed by atoms with Crippen LogP contribution in [0.5, 0.6) is 0 Å². The van der Waals surface area contributed by atoms with Crippen LogP contribution in [0.25, 0.3) is 0 Å². The summed E-state index contributed by atoms with van der Waals surface area (Å²) >= 11 is 0. The third-order valence-electron chi connectivity index (χ3n) is 3.48. The zero-order valence-electron chi connectivity index (χ0n) is 13.3. The van der Waals surface area contributed by atoms with Crippen LogP contribution in [0.1, 0.15) is 78.1 Å². The van der Waals surface area contributed by atoms with E-state index in [1.807, 2.05) is 0 Å². The van der Waals surface area contributed by atoms with Gasteiger partial charge in [0.15, 0.2) is 26.2 Å². The van der Waals surface area contributed by atoms with Gasteiger partial charge in [0.1, 0.15) is 0 Å². The molecule has 1 N–H and O–H groups in total. The van der Waals surface area contributed by atoms with Gasteiger partial charge >= 0.3 is 5.97 Å². The van der Waals surface area contributed by atoms with Crippen LogP contribution < -0.4 is 0 Å². The Morgan fingerprint density at radius 3 is 1.81 bits per heavy atom. The molecule has 0 aliphatic heterocycles. The van der Waals surface area contributed by atoms with Crippen molar-refractivity contribution in [2.24, 2.45) is 0 Å². The van der Waals surface area contributed by atoms with E-state index in [1.165, 1.54) is 51.9 Å². The van der Waals surface area contributed by atoms with Gasteiger partial charge in [-0.2, -0.15) is 0 Å². The molecular formula is C15H30O4S2. The van der Waals surface area contributed by atoms with Crippen LogP contribution in [0.3, 0.4) is 0 Å². The summed E-state index contributed by atoms with van der Waals surface area (Å²) in [5.41, 5.74) is 0.